The van der Waals surface area contributed by atoms with Crippen LogP contribution in [0.2, 0.25) is 0 Å². The maximum Gasteiger partial charge on any atom is 0.251 e. The molecule has 5 nitrogen and oxygen atoms in total. The summed E-state index contributed by atoms with van der Waals surface area (Å²) in [5, 5.41) is 12.1. The molecule has 0 aliphatic carbocycles. The fraction of sp³-hybridized carbons (Fsp3) is 0.562. The summed E-state index contributed by atoms with van der Waals surface area (Å²) in [7, 11) is 2.73. The van der Waals surface area contributed by atoms with Gasteiger partial charge in [0.25, 0.3) is 5.91 Å². The van der Waals surface area contributed by atoms with E-state index in [1.165, 1.54) is 14.2 Å². The summed E-state index contributed by atoms with van der Waals surface area (Å²) in [5.41, 5.74) is 0.940. The zero-order valence-corrected chi connectivity index (χ0v) is 13.4. The zero-order valence-electron chi connectivity index (χ0n) is 13.4. The van der Waals surface area contributed by atoms with Crippen LogP contribution < -0.4 is 5.32 Å². The standard InChI is InChI=1S/C16H24FNO4/c1-11(9-12(2)19)18-15(20)13-5-7-14(8-6-13)16(10-17,21-3)22-4/h5-8,11-12,19H,9-10H2,1-4H3,(H,18,20). The third-order valence-corrected chi connectivity index (χ3v) is 3.49. The molecule has 0 saturated carbocycles. The summed E-state index contributed by atoms with van der Waals surface area (Å²) in [6.07, 6.45) is -0.00598. The van der Waals surface area contributed by atoms with Crippen molar-refractivity contribution in [3.63, 3.8) is 0 Å². The number of rotatable bonds is 8. The number of amides is 1. The zero-order chi connectivity index (χ0) is 16.8. The smallest absolute Gasteiger partial charge is 0.251 e. The molecule has 1 aromatic rings. The number of alkyl halides is 1. The van der Waals surface area contributed by atoms with Crippen LogP contribution >= 0.6 is 0 Å². The van der Waals surface area contributed by atoms with Crippen molar-refractivity contribution in [2.24, 2.45) is 0 Å². The number of nitrogens with one attached hydrogen (secondary N) is 1. The molecule has 0 aliphatic rings. The van der Waals surface area contributed by atoms with Gasteiger partial charge in [0.05, 0.1) is 6.10 Å². The van der Waals surface area contributed by atoms with Gasteiger partial charge >= 0.3 is 0 Å². The van der Waals surface area contributed by atoms with E-state index in [2.05, 4.69) is 5.32 Å². The Hall–Kier alpha value is -1.50. The first-order chi connectivity index (χ1) is 10.4. The van der Waals surface area contributed by atoms with E-state index in [1.807, 2.05) is 6.92 Å². The van der Waals surface area contributed by atoms with E-state index in [9.17, 15) is 14.3 Å². The molecule has 0 aromatic heterocycles. The topological polar surface area (TPSA) is 67.8 Å². The minimum Gasteiger partial charge on any atom is -0.393 e. The minimum atomic E-state index is -1.45. The molecule has 1 amide bonds. The largest absolute Gasteiger partial charge is 0.393 e. The van der Waals surface area contributed by atoms with Crippen LogP contribution in [-0.4, -0.2) is 44.1 Å². The van der Waals surface area contributed by atoms with E-state index in [-0.39, 0.29) is 11.9 Å². The highest BCUT2D eigenvalue weighted by atomic mass is 19.1. The maximum atomic E-state index is 13.2. The molecule has 0 radical (unpaired) electrons. The Morgan fingerprint density at radius 1 is 1.27 bits per heavy atom. The molecule has 0 spiro atoms. The molecule has 22 heavy (non-hydrogen) atoms. The van der Waals surface area contributed by atoms with Crippen LogP contribution in [0.5, 0.6) is 0 Å². The maximum absolute atomic E-state index is 13.2. The van der Waals surface area contributed by atoms with Crippen LogP contribution in [0.3, 0.4) is 0 Å². The van der Waals surface area contributed by atoms with E-state index in [4.69, 9.17) is 9.47 Å². The molecular formula is C16H24FNO4. The van der Waals surface area contributed by atoms with Crippen molar-refractivity contribution in [2.45, 2.75) is 38.2 Å². The highest BCUT2D eigenvalue weighted by Gasteiger charge is 2.32. The summed E-state index contributed by atoms with van der Waals surface area (Å²) >= 11 is 0. The number of hydrogen-bond acceptors (Lipinski definition) is 4. The first-order valence-electron chi connectivity index (χ1n) is 7.14. The summed E-state index contributed by atoms with van der Waals surface area (Å²) in [4.78, 5) is 12.1. The number of aliphatic hydroxyl groups is 1. The third-order valence-electron chi connectivity index (χ3n) is 3.49. The van der Waals surface area contributed by atoms with Gasteiger partial charge in [0.15, 0.2) is 0 Å². The molecule has 1 aromatic carbocycles. The highest BCUT2D eigenvalue weighted by molar-refractivity contribution is 5.94. The molecule has 1 rings (SSSR count). The molecule has 0 fully saturated rings. The third kappa shape index (κ3) is 4.50. The van der Waals surface area contributed by atoms with Crippen LogP contribution in [0.1, 0.15) is 36.2 Å². The predicted octanol–water partition coefficient (Wildman–Crippen LogP) is 1.99. The van der Waals surface area contributed by atoms with Gasteiger partial charge in [-0.05, 0) is 32.4 Å². The van der Waals surface area contributed by atoms with E-state index in [1.54, 1.807) is 31.2 Å². The van der Waals surface area contributed by atoms with Gasteiger partial charge in [-0.15, -0.1) is 0 Å². The Kier molecular flexibility index (Phi) is 6.93. The molecule has 6 heteroatoms. The van der Waals surface area contributed by atoms with E-state index < -0.39 is 18.6 Å². The predicted molar refractivity (Wildman–Crippen MR) is 81.3 cm³/mol. The highest BCUT2D eigenvalue weighted by Crippen LogP contribution is 2.26. The molecule has 2 unspecified atom stereocenters. The fourth-order valence-electron chi connectivity index (χ4n) is 2.26. The van der Waals surface area contributed by atoms with Crippen molar-refractivity contribution in [1.82, 2.24) is 5.32 Å². The van der Waals surface area contributed by atoms with Crippen molar-refractivity contribution in [3.8, 4) is 0 Å². The Bertz CT molecular complexity index is 463. The molecule has 2 N–H and O–H groups in total. The molecule has 0 saturated heterocycles. The van der Waals surface area contributed by atoms with Crippen LogP contribution in [0.15, 0.2) is 24.3 Å². The summed E-state index contributed by atoms with van der Waals surface area (Å²) in [6.45, 7) is 2.66. The van der Waals surface area contributed by atoms with Crippen molar-refractivity contribution in [2.75, 3.05) is 20.9 Å². The number of hydrogen-bond donors (Lipinski definition) is 2. The quantitative estimate of drug-likeness (QED) is 0.720. The van der Waals surface area contributed by atoms with Crippen LogP contribution in [0.4, 0.5) is 4.39 Å². The minimum absolute atomic E-state index is 0.143. The lowest BCUT2D eigenvalue weighted by atomic mass is 10.0. The Morgan fingerprint density at radius 3 is 2.23 bits per heavy atom. The van der Waals surface area contributed by atoms with Crippen LogP contribution in [0, 0.1) is 0 Å². The van der Waals surface area contributed by atoms with Crippen molar-refractivity contribution < 1.29 is 23.8 Å². The number of carbonyl (C=O) groups is 1. The molecule has 2 atom stereocenters. The van der Waals surface area contributed by atoms with Gasteiger partial charge in [-0.1, -0.05) is 12.1 Å². The number of benzene rings is 1. The molecule has 0 heterocycles. The van der Waals surface area contributed by atoms with Gasteiger partial charge in [-0.3, -0.25) is 4.79 Å². The molecule has 0 bridgehead atoms. The summed E-state index contributed by atoms with van der Waals surface area (Å²) < 4.78 is 23.4. The second-order valence-corrected chi connectivity index (χ2v) is 5.33. The van der Waals surface area contributed by atoms with Crippen molar-refractivity contribution in [1.29, 1.82) is 0 Å². The molecular weight excluding hydrogens is 289 g/mol. The van der Waals surface area contributed by atoms with Crippen molar-refractivity contribution >= 4 is 5.91 Å². The van der Waals surface area contributed by atoms with E-state index >= 15 is 0 Å². The number of methoxy groups -OCH3 is 2. The Labute approximate surface area is 130 Å². The lowest BCUT2D eigenvalue weighted by molar-refractivity contribution is -0.224. The summed E-state index contributed by atoms with van der Waals surface area (Å²) in [6, 6.07) is 6.22. The van der Waals surface area contributed by atoms with E-state index in [0.717, 1.165) is 0 Å². The normalized spacial score (nSPS) is 14.5. The number of carbonyl (C=O) groups excluding carboxylic acids is 1. The lowest BCUT2D eigenvalue weighted by Crippen LogP contribution is -2.35. The average Bonchev–Trinajstić information content (AvgIpc) is 2.49. The number of ether oxygens (including phenoxy) is 2. The number of halogens is 1. The first-order valence-corrected chi connectivity index (χ1v) is 7.14. The van der Waals surface area contributed by atoms with Gasteiger partial charge < -0.3 is 19.9 Å². The van der Waals surface area contributed by atoms with Gasteiger partial charge in [0.1, 0.15) is 6.67 Å². The van der Waals surface area contributed by atoms with Crippen LogP contribution in [0.25, 0.3) is 0 Å². The van der Waals surface area contributed by atoms with Gasteiger partial charge in [0.2, 0.25) is 5.79 Å². The fourth-order valence-corrected chi connectivity index (χ4v) is 2.26. The van der Waals surface area contributed by atoms with Crippen LogP contribution in [-0.2, 0) is 15.3 Å². The van der Waals surface area contributed by atoms with E-state index in [0.29, 0.717) is 17.5 Å². The van der Waals surface area contributed by atoms with Crippen molar-refractivity contribution in [3.05, 3.63) is 35.4 Å². The lowest BCUT2D eigenvalue weighted by Gasteiger charge is -2.28. The SMILES string of the molecule is COC(CF)(OC)c1ccc(C(=O)NC(C)CC(C)O)cc1. The first kappa shape index (κ1) is 18.5. The number of aliphatic hydroxyl groups excluding tert-OH is 1. The Morgan fingerprint density at radius 2 is 1.82 bits per heavy atom. The second-order valence-electron chi connectivity index (χ2n) is 5.33. The average molecular weight is 313 g/mol. The molecule has 124 valence electrons. The Balaban J connectivity index is 2.82. The van der Waals surface area contributed by atoms with Gasteiger partial charge in [0, 0.05) is 31.4 Å². The van der Waals surface area contributed by atoms with Gasteiger partial charge in [-0.2, -0.15) is 0 Å². The summed E-state index contributed by atoms with van der Waals surface area (Å²) in [5.74, 6) is -1.70. The second kappa shape index (κ2) is 8.22. The molecule has 0 aliphatic heterocycles. The monoisotopic (exact) mass is 313 g/mol. The van der Waals surface area contributed by atoms with Gasteiger partial charge in [-0.25, -0.2) is 4.39 Å².